The van der Waals surface area contributed by atoms with Gasteiger partial charge in [-0.15, -0.1) is 0 Å². The first-order valence-electron chi connectivity index (χ1n) is 4.90. The average Bonchev–Trinajstić information content (AvgIpc) is 2.15. The maximum Gasteiger partial charge on any atom is 0.328 e. The van der Waals surface area contributed by atoms with Crippen molar-refractivity contribution in [2.45, 2.75) is 13.8 Å². The van der Waals surface area contributed by atoms with Gasteiger partial charge in [-0.05, 0) is 13.5 Å². The summed E-state index contributed by atoms with van der Waals surface area (Å²) in [4.78, 5) is 12.3. The molecule has 0 rings (SSSR count). The zero-order chi connectivity index (χ0) is 10.8. The van der Waals surface area contributed by atoms with Crippen LogP contribution in [0.1, 0.15) is 13.8 Å². The SMILES string of the molecule is CCOCCN(CC)C/C=C/C(=O)O. The van der Waals surface area contributed by atoms with Gasteiger partial charge in [0.25, 0.3) is 0 Å². The van der Waals surface area contributed by atoms with Crippen LogP contribution in [-0.2, 0) is 9.53 Å². The first-order chi connectivity index (χ1) is 6.70. The second kappa shape index (κ2) is 8.72. The van der Waals surface area contributed by atoms with Crippen molar-refractivity contribution in [3.05, 3.63) is 12.2 Å². The molecule has 4 nitrogen and oxygen atoms in total. The van der Waals surface area contributed by atoms with Crippen molar-refractivity contribution in [1.82, 2.24) is 4.90 Å². The van der Waals surface area contributed by atoms with Gasteiger partial charge in [0.15, 0.2) is 0 Å². The summed E-state index contributed by atoms with van der Waals surface area (Å²) in [5, 5.41) is 8.38. The van der Waals surface area contributed by atoms with Gasteiger partial charge in [0.1, 0.15) is 0 Å². The van der Waals surface area contributed by atoms with E-state index in [-0.39, 0.29) is 0 Å². The quantitative estimate of drug-likeness (QED) is 0.470. The maximum atomic E-state index is 10.2. The lowest BCUT2D eigenvalue weighted by molar-refractivity contribution is -0.131. The first kappa shape index (κ1) is 13.1. The van der Waals surface area contributed by atoms with Crippen LogP contribution in [0.2, 0.25) is 0 Å². The molecule has 0 aliphatic carbocycles. The molecule has 0 atom stereocenters. The molecule has 0 saturated carbocycles. The van der Waals surface area contributed by atoms with E-state index < -0.39 is 5.97 Å². The molecule has 0 bridgehead atoms. The van der Waals surface area contributed by atoms with E-state index >= 15 is 0 Å². The first-order valence-corrected chi connectivity index (χ1v) is 4.90. The summed E-state index contributed by atoms with van der Waals surface area (Å²) in [5.41, 5.74) is 0. The fraction of sp³-hybridized carbons (Fsp3) is 0.700. The topological polar surface area (TPSA) is 49.8 Å². The number of ether oxygens (including phenoxy) is 1. The lowest BCUT2D eigenvalue weighted by atomic mass is 10.4. The Balaban J connectivity index is 3.62. The Hall–Kier alpha value is -0.870. The second-order valence-corrected chi connectivity index (χ2v) is 2.83. The Morgan fingerprint density at radius 2 is 2.21 bits per heavy atom. The molecular weight excluding hydrogens is 182 g/mol. The summed E-state index contributed by atoms with van der Waals surface area (Å²) in [6.45, 7) is 7.83. The van der Waals surface area contributed by atoms with Crippen molar-refractivity contribution in [2.75, 3.05) is 32.8 Å². The number of hydrogen-bond donors (Lipinski definition) is 1. The van der Waals surface area contributed by atoms with Gasteiger partial charge in [-0.3, -0.25) is 4.90 Å². The summed E-state index contributed by atoms with van der Waals surface area (Å²) in [7, 11) is 0. The third-order valence-electron chi connectivity index (χ3n) is 1.83. The number of nitrogens with zero attached hydrogens (tertiary/aromatic N) is 1. The van der Waals surface area contributed by atoms with Crippen LogP contribution in [0, 0.1) is 0 Å². The molecule has 0 aromatic carbocycles. The normalized spacial score (nSPS) is 11.4. The molecule has 0 saturated heterocycles. The molecule has 0 aromatic rings. The molecule has 0 heterocycles. The summed E-state index contributed by atoms with van der Waals surface area (Å²) in [6.07, 6.45) is 2.82. The van der Waals surface area contributed by atoms with Crippen LogP contribution in [0.5, 0.6) is 0 Å². The van der Waals surface area contributed by atoms with Crippen molar-refractivity contribution in [3.63, 3.8) is 0 Å². The lowest BCUT2D eigenvalue weighted by Gasteiger charge is -2.17. The van der Waals surface area contributed by atoms with Crippen molar-refractivity contribution < 1.29 is 14.6 Å². The molecule has 0 unspecified atom stereocenters. The Morgan fingerprint density at radius 3 is 2.71 bits per heavy atom. The molecular formula is C10H19NO3. The molecule has 0 amide bonds. The van der Waals surface area contributed by atoms with Gasteiger partial charge < -0.3 is 9.84 Å². The van der Waals surface area contributed by atoms with Crippen LogP contribution in [0.3, 0.4) is 0 Å². The molecule has 1 N–H and O–H groups in total. The minimum absolute atomic E-state index is 0.663. The van der Waals surface area contributed by atoms with E-state index in [9.17, 15) is 4.79 Å². The van der Waals surface area contributed by atoms with E-state index in [2.05, 4.69) is 4.90 Å². The smallest absolute Gasteiger partial charge is 0.328 e. The number of carboxylic acids is 1. The third-order valence-corrected chi connectivity index (χ3v) is 1.83. The standard InChI is InChI=1S/C10H19NO3/c1-3-11(8-9-14-4-2)7-5-6-10(12)13/h5-6H,3-4,7-9H2,1-2H3,(H,12,13)/b6-5+. The average molecular weight is 201 g/mol. The molecule has 0 aromatic heterocycles. The number of likely N-dealkylation sites (N-methyl/N-ethyl adjacent to an activating group) is 1. The van der Waals surface area contributed by atoms with Gasteiger partial charge in [0.05, 0.1) is 6.61 Å². The summed E-state index contributed by atoms with van der Waals surface area (Å²) >= 11 is 0. The minimum Gasteiger partial charge on any atom is -0.478 e. The van der Waals surface area contributed by atoms with Gasteiger partial charge in [0.2, 0.25) is 0 Å². The number of hydrogen-bond acceptors (Lipinski definition) is 3. The van der Waals surface area contributed by atoms with Crippen molar-refractivity contribution in [1.29, 1.82) is 0 Å². The van der Waals surface area contributed by atoms with Crippen molar-refractivity contribution in [2.24, 2.45) is 0 Å². The molecule has 0 fully saturated rings. The van der Waals surface area contributed by atoms with Crippen LogP contribution in [-0.4, -0.2) is 48.8 Å². The molecule has 0 radical (unpaired) electrons. The fourth-order valence-corrected chi connectivity index (χ4v) is 1.02. The van der Waals surface area contributed by atoms with Gasteiger partial charge in [-0.1, -0.05) is 13.0 Å². The second-order valence-electron chi connectivity index (χ2n) is 2.83. The molecule has 0 aliphatic rings. The fourth-order valence-electron chi connectivity index (χ4n) is 1.02. The maximum absolute atomic E-state index is 10.2. The Bertz CT molecular complexity index is 180. The third kappa shape index (κ3) is 7.76. The van der Waals surface area contributed by atoms with Crippen LogP contribution in [0.25, 0.3) is 0 Å². The number of carboxylic acid groups (broad SMARTS) is 1. The zero-order valence-electron chi connectivity index (χ0n) is 8.90. The summed E-state index contributed by atoms with van der Waals surface area (Å²) in [5.74, 6) is -0.897. The van der Waals surface area contributed by atoms with Crippen molar-refractivity contribution >= 4 is 5.97 Å². The molecule has 82 valence electrons. The predicted molar refractivity (Wildman–Crippen MR) is 55.4 cm³/mol. The minimum atomic E-state index is -0.897. The Labute approximate surface area is 85.2 Å². The van der Waals surface area contributed by atoms with Crippen LogP contribution in [0.15, 0.2) is 12.2 Å². The number of aliphatic carboxylic acids is 1. The van der Waals surface area contributed by atoms with Crippen molar-refractivity contribution in [3.8, 4) is 0 Å². The predicted octanol–water partition coefficient (Wildman–Crippen LogP) is 0.986. The van der Waals surface area contributed by atoms with E-state index in [1.807, 2.05) is 13.8 Å². The van der Waals surface area contributed by atoms with Crippen LogP contribution < -0.4 is 0 Å². The van der Waals surface area contributed by atoms with E-state index in [1.165, 1.54) is 6.08 Å². The van der Waals surface area contributed by atoms with Gasteiger partial charge >= 0.3 is 5.97 Å². The highest BCUT2D eigenvalue weighted by Gasteiger charge is 1.98. The molecule has 14 heavy (non-hydrogen) atoms. The Morgan fingerprint density at radius 1 is 1.50 bits per heavy atom. The monoisotopic (exact) mass is 201 g/mol. The Kier molecular flexibility index (Phi) is 8.17. The van der Waals surface area contributed by atoms with Gasteiger partial charge in [0, 0.05) is 25.8 Å². The van der Waals surface area contributed by atoms with E-state index in [0.29, 0.717) is 13.2 Å². The molecule has 0 aliphatic heterocycles. The highest BCUT2D eigenvalue weighted by atomic mass is 16.5. The van der Waals surface area contributed by atoms with Crippen LogP contribution in [0.4, 0.5) is 0 Å². The van der Waals surface area contributed by atoms with Gasteiger partial charge in [-0.25, -0.2) is 4.79 Å². The van der Waals surface area contributed by atoms with E-state index in [4.69, 9.17) is 9.84 Å². The zero-order valence-corrected chi connectivity index (χ0v) is 8.90. The lowest BCUT2D eigenvalue weighted by Crippen LogP contribution is -2.27. The largest absolute Gasteiger partial charge is 0.478 e. The van der Waals surface area contributed by atoms with Crippen LogP contribution >= 0.6 is 0 Å². The molecule has 4 heteroatoms. The van der Waals surface area contributed by atoms with E-state index in [1.54, 1.807) is 6.08 Å². The highest BCUT2D eigenvalue weighted by Crippen LogP contribution is 1.89. The van der Waals surface area contributed by atoms with Gasteiger partial charge in [-0.2, -0.15) is 0 Å². The highest BCUT2D eigenvalue weighted by molar-refractivity contribution is 5.79. The number of rotatable bonds is 8. The van der Waals surface area contributed by atoms with E-state index in [0.717, 1.165) is 19.7 Å². The summed E-state index contributed by atoms with van der Waals surface area (Å²) < 4.78 is 5.21. The summed E-state index contributed by atoms with van der Waals surface area (Å²) in [6, 6.07) is 0. The number of carbonyl (C=O) groups is 1. The molecule has 0 spiro atoms.